The van der Waals surface area contributed by atoms with E-state index in [1.54, 1.807) is 17.5 Å². The van der Waals surface area contributed by atoms with Crippen molar-refractivity contribution in [2.45, 2.75) is 0 Å². The van der Waals surface area contributed by atoms with Crippen molar-refractivity contribution in [3.63, 3.8) is 0 Å². The zero-order valence-electron chi connectivity index (χ0n) is 29.1. The van der Waals surface area contributed by atoms with Gasteiger partial charge in [-0.15, -0.1) is 11.3 Å². The van der Waals surface area contributed by atoms with E-state index in [2.05, 4.69) is 126 Å². The highest BCUT2D eigenvalue weighted by molar-refractivity contribution is 7.25. The first-order valence-corrected chi connectivity index (χ1v) is 19.0. The van der Waals surface area contributed by atoms with E-state index in [0.29, 0.717) is 23.2 Å². The van der Waals surface area contributed by atoms with Crippen molar-refractivity contribution in [1.29, 1.82) is 0 Å². The number of thiophene rings is 1. The lowest BCUT2D eigenvalue weighted by Crippen LogP contribution is -2.00. The fourth-order valence-corrected chi connectivity index (χ4v) is 9.40. The van der Waals surface area contributed by atoms with Crippen LogP contribution in [0.2, 0.25) is 0 Å². The lowest BCUT2D eigenvalue weighted by Gasteiger charge is -2.10. The molecule has 5 heterocycles. The van der Waals surface area contributed by atoms with Crippen LogP contribution in [0.3, 0.4) is 0 Å². The van der Waals surface area contributed by atoms with Gasteiger partial charge in [0.05, 0.1) is 22.1 Å². The highest BCUT2D eigenvalue weighted by atomic mass is 32.1. The van der Waals surface area contributed by atoms with Crippen molar-refractivity contribution >= 4 is 86.2 Å². The standard InChI is InChI=1S/C48H27N5OS/c1-2-12-29(13-3-1)45-50-46(30-22-23-34-33-16-7-9-20-40(33)55-41(34)27-30)52-47(51-45)37-25-26-49-48-42(37)36-17-10-19-39(44(36)54-48)53-38-18-8-6-15-32(38)35-24-21-28-11-4-5-14-31(28)43(35)53/h1-27H. The van der Waals surface area contributed by atoms with Crippen LogP contribution in [-0.4, -0.2) is 24.5 Å². The zero-order valence-corrected chi connectivity index (χ0v) is 30.0. The van der Waals surface area contributed by atoms with E-state index in [0.717, 1.165) is 49.8 Å². The van der Waals surface area contributed by atoms with Gasteiger partial charge >= 0.3 is 0 Å². The molecule has 0 unspecified atom stereocenters. The van der Waals surface area contributed by atoms with Crippen LogP contribution >= 0.6 is 11.3 Å². The Morgan fingerprint density at radius 3 is 2.11 bits per heavy atom. The van der Waals surface area contributed by atoms with Gasteiger partial charge < -0.3 is 8.98 Å². The topological polar surface area (TPSA) is 69.6 Å². The fraction of sp³-hybridized carbons (Fsp3) is 0. The van der Waals surface area contributed by atoms with E-state index in [4.69, 9.17) is 24.4 Å². The molecule has 0 radical (unpaired) electrons. The molecule has 0 amide bonds. The molecule has 0 aliphatic carbocycles. The Bertz CT molecular complexity index is 3510. The molecule has 12 aromatic rings. The molecule has 0 saturated carbocycles. The molecule has 0 fully saturated rings. The van der Waals surface area contributed by atoms with Crippen LogP contribution in [-0.2, 0) is 0 Å². The van der Waals surface area contributed by atoms with Crippen LogP contribution in [0.1, 0.15) is 0 Å². The minimum absolute atomic E-state index is 0.528. The Morgan fingerprint density at radius 1 is 0.491 bits per heavy atom. The summed E-state index contributed by atoms with van der Waals surface area (Å²) in [5.74, 6) is 1.77. The van der Waals surface area contributed by atoms with Crippen LogP contribution in [0.15, 0.2) is 168 Å². The fourth-order valence-electron chi connectivity index (χ4n) is 8.26. The van der Waals surface area contributed by atoms with E-state index >= 15 is 0 Å². The molecule has 256 valence electrons. The number of aromatic nitrogens is 5. The number of benzene rings is 7. The number of furan rings is 1. The maximum atomic E-state index is 6.78. The zero-order chi connectivity index (χ0) is 36.0. The van der Waals surface area contributed by atoms with Gasteiger partial charge in [0.1, 0.15) is 0 Å². The number of pyridine rings is 1. The van der Waals surface area contributed by atoms with Gasteiger partial charge in [-0.3, -0.25) is 0 Å². The van der Waals surface area contributed by atoms with Gasteiger partial charge in [-0.05, 0) is 35.7 Å². The predicted octanol–water partition coefficient (Wildman–Crippen LogP) is 12.8. The van der Waals surface area contributed by atoms with E-state index < -0.39 is 0 Å². The van der Waals surface area contributed by atoms with Crippen LogP contribution in [0.4, 0.5) is 0 Å². The second kappa shape index (κ2) is 11.6. The molecule has 6 nitrogen and oxygen atoms in total. The maximum Gasteiger partial charge on any atom is 0.228 e. The molecule has 55 heavy (non-hydrogen) atoms. The van der Waals surface area contributed by atoms with E-state index in [1.165, 1.54) is 41.7 Å². The summed E-state index contributed by atoms with van der Waals surface area (Å²) in [7, 11) is 0. The minimum atomic E-state index is 0.528. The normalized spacial score (nSPS) is 12.0. The first-order valence-electron chi connectivity index (χ1n) is 18.2. The van der Waals surface area contributed by atoms with Gasteiger partial charge in [-0.25, -0.2) is 19.9 Å². The summed E-state index contributed by atoms with van der Waals surface area (Å²) >= 11 is 1.78. The molecular formula is C48H27N5OS. The molecule has 0 bridgehead atoms. The number of para-hydroxylation sites is 2. The van der Waals surface area contributed by atoms with Crippen molar-refractivity contribution in [3.05, 3.63) is 164 Å². The van der Waals surface area contributed by atoms with Crippen molar-refractivity contribution in [2.24, 2.45) is 0 Å². The Balaban J connectivity index is 1.11. The van der Waals surface area contributed by atoms with Gasteiger partial charge in [-0.1, -0.05) is 127 Å². The summed E-state index contributed by atoms with van der Waals surface area (Å²) in [4.78, 5) is 20.2. The van der Waals surface area contributed by atoms with Crippen LogP contribution in [0, 0.1) is 0 Å². The number of hydrogen-bond donors (Lipinski definition) is 0. The predicted molar refractivity (Wildman–Crippen MR) is 226 cm³/mol. The summed E-state index contributed by atoms with van der Waals surface area (Å²) in [6, 6.07) is 55.1. The molecule has 0 N–H and O–H groups in total. The van der Waals surface area contributed by atoms with E-state index in [9.17, 15) is 0 Å². The summed E-state index contributed by atoms with van der Waals surface area (Å²) in [5, 5.41) is 9.05. The van der Waals surface area contributed by atoms with Crippen molar-refractivity contribution < 1.29 is 4.42 Å². The third kappa shape index (κ3) is 4.54. The SMILES string of the molecule is c1ccc(-c2nc(-c3ccc4c(c3)sc3ccccc34)nc(-c3ccnc4oc5c(-n6c7ccccc7c7ccc8ccccc8c76)cccc5c34)n2)cc1. The lowest BCUT2D eigenvalue weighted by atomic mass is 10.1. The highest BCUT2D eigenvalue weighted by Gasteiger charge is 2.23. The Labute approximate surface area is 317 Å². The highest BCUT2D eigenvalue weighted by Crippen LogP contribution is 2.42. The van der Waals surface area contributed by atoms with Crippen molar-refractivity contribution in [1.82, 2.24) is 24.5 Å². The third-order valence-electron chi connectivity index (χ3n) is 10.7. The van der Waals surface area contributed by atoms with Crippen LogP contribution in [0.25, 0.3) is 115 Å². The number of nitrogens with zero attached hydrogens (tertiary/aromatic N) is 5. The molecular weight excluding hydrogens is 695 g/mol. The molecule has 0 atom stereocenters. The van der Waals surface area contributed by atoms with E-state index in [-0.39, 0.29) is 0 Å². The molecule has 12 rings (SSSR count). The molecule has 5 aromatic heterocycles. The lowest BCUT2D eigenvalue weighted by molar-refractivity contribution is 0.652. The Kier molecular flexibility index (Phi) is 6.40. The molecule has 0 saturated heterocycles. The molecule has 0 aliphatic heterocycles. The Hall–Kier alpha value is -7.22. The number of hydrogen-bond acceptors (Lipinski definition) is 6. The summed E-state index contributed by atoms with van der Waals surface area (Å²) in [5.41, 5.74) is 7.16. The van der Waals surface area contributed by atoms with Gasteiger partial charge in [0, 0.05) is 64.6 Å². The average Bonchev–Trinajstić information content (AvgIpc) is 3.93. The minimum Gasteiger partial charge on any atom is -0.435 e. The monoisotopic (exact) mass is 721 g/mol. The quantitative estimate of drug-likeness (QED) is 0.181. The van der Waals surface area contributed by atoms with Gasteiger partial charge in [-0.2, -0.15) is 0 Å². The van der Waals surface area contributed by atoms with Crippen molar-refractivity contribution in [2.75, 3.05) is 0 Å². The van der Waals surface area contributed by atoms with Crippen molar-refractivity contribution in [3.8, 4) is 39.9 Å². The largest absolute Gasteiger partial charge is 0.435 e. The summed E-state index contributed by atoms with van der Waals surface area (Å²) < 4.78 is 11.6. The smallest absolute Gasteiger partial charge is 0.228 e. The van der Waals surface area contributed by atoms with Crippen LogP contribution in [0.5, 0.6) is 0 Å². The van der Waals surface area contributed by atoms with Gasteiger partial charge in [0.25, 0.3) is 0 Å². The van der Waals surface area contributed by atoms with E-state index in [1.807, 2.05) is 36.4 Å². The maximum absolute atomic E-state index is 6.78. The molecule has 7 heteroatoms. The van der Waals surface area contributed by atoms with Gasteiger partial charge in [0.15, 0.2) is 23.1 Å². The summed E-state index contributed by atoms with van der Waals surface area (Å²) in [6.07, 6.45) is 1.78. The second-order valence-electron chi connectivity index (χ2n) is 13.8. The number of rotatable bonds is 4. The second-order valence-corrected chi connectivity index (χ2v) is 14.9. The Morgan fingerprint density at radius 2 is 1.20 bits per heavy atom. The van der Waals surface area contributed by atoms with Crippen LogP contribution < -0.4 is 0 Å². The molecule has 0 spiro atoms. The molecule has 0 aliphatic rings. The number of fused-ring (bicyclic) bond motifs is 11. The first-order chi connectivity index (χ1) is 27.3. The van der Waals surface area contributed by atoms with Gasteiger partial charge in [0.2, 0.25) is 5.71 Å². The summed E-state index contributed by atoms with van der Waals surface area (Å²) in [6.45, 7) is 0. The first kappa shape index (κ1) is 30.3. The average molecular weight is 722 g/mol. The third-order valence-corrected chi connectivity index (χ3v) is 11.9. The molecule has 7 aromatic carbocycles.